The number of esters is 1. The average Bonchev–Trinajstić information content (AvgIpc) is 2.55. The van der Waals surface area contributed by atoms with Crippen LogP contribution in [0.1, 0.15) is 12.0 Å². The number of urea groups is 1. The Bertz CT molecular complexity index is 568. The van der Waals surface area contributed by atoms with E-state index in [1.165, 1.54) is 11.8 Å². The van der Waals surface area contributed by atoms with Crippen molar-refractivity contribution in [2.45, 2.75) is 19.0 Å². The molecule has 0 spiro atoms. The largest absolute Gasteiger partial charge is 0.454 e. The molecule has 3 amide bonds. The second kappa shape index (κ2) is 10.8. The lowest BCUT2D eigenvalue weighted by atomic mass is 10.2. The number of carbonyl (C=O) groups is 3. The molecule has 4 N–H and O–H groups in total. The van der Waals surface area contributed by atoms with Gasteiger partial charge in [0.2, 0.25) is 0 Å². The van der Waals surface area contributed by atoms with Gasteiger partial charge in [-0.25, -0.2) is 9.59 Å². The van der Waals surface area contributed by atoms with Crippen LogP contribution in [0.3, 0.4) is 0 Å². The van der Waals surface area contributed by atoms with E-state index >= 15 is 0 Å². The average molecular weight is 374 g/mol. The highest BCUT2D eigenvalue weighted by Gasteiger charge is 2.21. The SMILES string of the molecule is CSCC[C@@H](NC(N)=O)C(=O)OCC(=O)NCc1ccc(Cl)cc1. The number of hydrogen-bond donors (Lipinski definition) is 3. The van der Waals surface area contributed by atoms with Crippen LogP contribution >= 0.6 is 23.4 Å². The molecule has 1 aromatic carbocycles. The van der Waals surface area contributed by atoms with Crippen LogP contribution in [-0.4, -0.2) is 42.6 Å². The first kappa shape index (κ1) is 20.1. The minimum atomic E-state index is -0.862. The summed E-state index contributed by atoms with van der Waals surface area (Å²) in [6, 6.07) is 5.32. The number of halogens is 1. The quantitative estimate of drug-likeness (QED) is 0.565. The Hall–Kier alpha value is -1.93. The Morgan fingerprint density at radius 3 is 2.54 bits per heavy atom. The monoisotopic (exact) mass is 373 g/mol. The number of carbonyl (C=O) groups excluding carboxylic acids is 3. The highest BCUT2D eigenvalue weighted by atomic mass is 35.5. The molecule has 0 heterocycles. The molecule has 0 aliphatic heterocycles. The van der Waals surface area contributed by atoms with E-state index in [9.17, 15) is 14.4 Å². The molecule has 0 aliphatic carbocycles. The first-order chi connectivity index (χ1) is 11.4. The van der Waals surface area contributed by atoms with Gasteiger partial charge in [-0.1, -0.05) is 23.7 Å². The number of rotatable bonds is 9. The Kier molecular flexibility index (Phi) is 9.03. The zero-order valence-corrected chi connectivity index (χ0v) is 14.8. The third-order valence-corrected chi connectivity index (χ3v) is 3.86. The van der Waals surface area contributed by atoms with Gasteiger partial charge in [0.05, 0.1) is 0 Å². The second-order valence-electron chi connectivity index (χ2n) is 4.85. The summed E-state index contributed by atoms with van der Waals surface area (Å²) in [7, 11) is 0. The van der Waals surface area contributed by atoms with Crippen LogP contribution in [0.25, 0.3) is 0 Å². The maximum absolute atomic E-state index is 11.9. The predicted octanol–water partition coefficient (Wildman–Crippen LogP) is 1.29. The lowest BCUT2D eigenvalue weighted by Crippen LogP contribution is -2.45. The Morgan fingerprint density at radius 1 is 1.29 bits per heavy atom. The molecule has 0 radical (unpaired) electrons. The maximum Gasteiger partial charge on any atom is 0.329 e. The Morgan fingerprint density at radius 2 is 1.96 bits per heavy atom. The minimum absolute atomic E-state index is 0.295. The van der Waals surface area contributed by atoms with Gasteiger partial charge in [-0.3, -0.25) is 4.79 Å². The minimum Gasteiger partial charge on any atom is -0.454 e. The van der Waals surface area contributed by atoms with Crippen molar-refractivity contribution in [1.29, 1.82) is 0 Å². The lowest BCUT2D eigenvalue weighted by Gasteiger charge is -2.15. The number of nitrogens with two attached hydrogens (primary N) is 1. The van der Waals surface area contributed by atoms with Crippen LogP contribution < -0.4 is 16.4 Å². The number of hydrogen-bond acceptors (Lipinski definition) is 5. The van der Waals surface area contributed by atoms with E-state index in [0.29, 0.717) is 23.7 Å². The molecule has 1 atom stereocenters. The third-order valence-electron chi connectivity index (χ3n) is 2.96. The summed E-state index contributed by atoms with van der Waals surface area (Å²) in [5.41, 5.74) is 5.90. The molecule has 9 heteroatoms. The van der Waals surface area contributed by atoms with Crippen molar-refractivity contribution in [2.75, 3.05) is 18.6 Å². The van der Waals surface area contributed by atoms with Crippen LogP contribution in [0, 0.1) is 0 Å². The van der Waals surface area contributed by atoms with E-state index in [1.54, 1.807) is 24.3 Å². The molecule has 0 bridgehead atoms. The zero-order chi connectivity index (χ0) is 17.9. The van der Waals surface area contributed by atoms with Gasteiger partial charge in [0, 0.05) is 11.6 Å². The normalized spacial score (nSPS) is 11.4. The van der Waals surface area contributed by atoms with E-state index in [1.807, 2.05) is 6.26 Å². The fraction of sp³-hybridized carbons (Fsp3) is 0.400. The molecule has 1 aromatic rings. The first-order valence-corrected chi connectivity index (χ1v) is 8.92. The third kappa shape index (κ3) is 8.07. The van der Waals surface area contributed by atoms with Gasteiger partial charge in [0.1, 0.15) is 6.04 Å². The van der Waals surface area contributed by atoms with Gasteiger partial charge in [0.25, 0.3) is 5.91 Å². The molecule has 0 unspecified atom stereocenters. The number of amides is 3. The van der Waals surface area contributed by atoms with E-state index in [4.69, 9.17) is 22.1 Å². The molecule has 132 valence electrons. The van der Waals surface area contributed by atoms with Crippen LogP contribution in [0.5, 0.6) is 0 Å². The van der Waals surface area contributed by atoms with Crippen molar-refractivity contribution in [1.82, 2.24) is 10.6 Å². The van der Waals surface area contributed by atoms with Crippen molar-refractivity contribution in [3.05, 3.63) is 34.9 Å². The summed E-state index contributed by atoms with van der Waals surface area (Å²) in [5.74, 6) is -0.492. The molecule has 0 saturated heterocycles. The van der Waals surface area contributed by atoms with Gasteiger partial charge in [-0.05, 0) is 36.1 Å². The fourth-order valence-corrected chi connectivity index (χ4v) is 2.34. The van der Waals surface area contributed by atoms with Crippen LogP contribution in [0.15, 0.2) is 24.3 Å². The summed E-state index contributed by atoms with van der Waals surface area (Å²) in [5, 5.41) is 5.54. The highest BCUT2D eigenvalue weighted by Crippen LogP contribution is 2.09. The standard InChI is InChI=1S/C15H20ClN3O4S/c1-24-7-6-12(19-15(17)22)14(21)23-9-13(20)18-8-10-2-4-11(16)5-3-10/h2-5,12H,6-9H2,1H3,(H,18,20)(H3,17,19,22)/t12-/m1/s1. The van der Waals surface area contributed by atoms with Crippen molar-refractivity contribution >= 4 is 41.3 Å². The van der Waals surface area contributed by atoms with Gasteiger partial charge in [-0.2, -0.15) is 11.8 Å². The van der Waals surface area contributed by atoms with Gasteiger partial charge < -0.3 is 21.1 Å². The molecule has 0 aromatic heterocycles. The topological polar surface area (TPSA) is 111 Å². The first-order valence-electron chi connectivity index (χ1n) is 7.15. The van der Waals surface area contributed by atoms with Crippen LogP contribution in [0.2, 0.25) is 5.02 Å². The summed E-state index contributed by atoms with van der Waals surface area (Å²) in [4.78, 5) is 34.5. The number of nitrogens with one attached hydrogen (secondary N) is 2. The molecule has 0 fully saturated rings. The van der Waals surface area contributed by atoms with Crippen LogP contribution in [0.4, 0.5) is 4.79 Å². The van der Waals surface area contributed by atoms with Crippen molar-refractivity contribution in [3.8, 4) is 0 Å². The van der Waals surface area contributed by atoms with Gasteiger partial charge in [0.15, 0.2) is 6.61 Å². The van der Waals surface area contributed by atoms with Gasteiger partial charge in [-0.15, -0.1) is 0 Å². The molecule has 0 saturated carbocycles. The van der Waals surface area contributed by atoms with E-state index < -0.39 is 30.6 Å². The summed E-state index contributed by atoms with van der Waals surface area (Å²) in [6.45, 7) is -0.133. The van der Waals surface area contributed by atoms with Crippen molar-refractivity contribution in [2.24, 2.45) is 5.73 Å². The molecular weight excluding hydrogens is 354 g/mol. The molecule has 7 nitrogen and oxygen atoms in total. The summed E-state index contributed by atoms with van der Waals surface area (Å²) in [6.07, 6.45) is 2.24. The molecule has 1 rings (SSSR count). The number of primary amides is 1. The zero-order valence-electron chi connectivity index (χ0n) is 13.2. The fourth-order valence-electron chi connectivity index (χ4n) is 1.75. The van der Waals surface area contributed by atoms with E-state index in [0.717, 1.165) is 5.56 Å². The number of benzene rings is 1. The maximum atomic E-state index is 11.9. The lowest BCUT2D eigenvalue weighted by molar-refractivity contribution is -0.150. The highest BCUT2D eigenvalue weighted by molar-refractivity contribution is 7.98. The molecule has 0 aliphatic rings. The molecule has 24 heavy (non-hydrogen) atoms. The smallest absolute Gasteiger partial charge is 0.329 e. The van der Waals surface area contributed by atoms with Crippen LogP contribution in [-0.2, 0) is 20.9 Å². The Labute approximate surface area is 149 Å². The predicted molar refractivity (Wildman–Crippen MR) is 93.8 cm³/mol. The Balaban J connectivity index is 2.38. The van der Waals surface area contributed by atoms with Crippen molar-refractivity contribution in [3.63, 3.8) is 0 Å². The second-order valence-corrected chi connectivity index (χ2v) is 6.28. The summed E-state index contributed by atoms with van der Waals surface area (Å²) >= 11 is 7.29. The van der Waals surface area contributed by atoms with E-state index in [-0.39, 0.29) is 0 Å². The molecular formula is C15H20ClN3O4S. The van der Waals surface area contributed by atoms with Crippen molar-refractivity contribution < 1.29 is 19.1 Å². The van der Waals surface area contributed by atoms with E-state index in [2.05, 4.69) is 10.6 Å². The number of thioether (sulfide) groups is 1. The van der Waals surface area contributed by atoms with Gasteiger partial charge >= 0.3 is 12.0 Å². The summed E-state index contributed by atoms with van der Waals surface area (Å²) < 4.78 is 4.92. The number of ether oxygens (including phenoxy) is 1.